The molecule has 3 aromatic rings. The Morgan fingerprint density at radius 2 is 1.85 bits per heavy atom. The predicted molar refractivity (Wildman–Crippen MR) is 100.0 cm³/mol. The predicted octanol–water partition coefficient (Wildman–Crippen LogP) is 5.72. The van der Waals surface area contributed by atoms with Crippen LogP contribution in [0.4, 0.5) is 11.4 Å². The lowest BCUT2D eigenvalue weighted by Gasteiger charge is -2.06. The van der Waals surface area contributed by atoms with Crippen LogP contribution in [-0.2, 0) is 0 Å². The molecule has 0 spiro atoms. The number of nitro benzene ring substituents is 1. The van der Waals surface area contributed by atoms with Gasteiger partial charge in [0, 0.05) is 17.7 Å². The molecule has 1 aromatic heterocycles. The molecule has 0 atom stereocenters. The molecule has 1 N–H and O–H groups in total. The molecule has 26 heavy (non-hydrogen) atoms. The van der Waals surface area contributed by atoms with Crippen molar-refractivity contribution in [2.75, 3.05) is 5.32 Å². The highest BCUT2D eigenvalue weighted by Gasteiger charge is 2.16. The molecule has 132 valence electrons. The number of benzene rings is 2. The molecule has 6 nitrogen and oxygen atoms in total. The monoisotopic (exact) mass is 390 g/mol. The van der Waals surface area contributed by atoms with Gasteiger partial charge < -0.3 is 9.73 Å². The van der Waals surface area contributed by atoms with Crippen LogP contribution in [0.5, 0.6) is 0 Å². The van der Waals surface area contributed by atoms with Gasteiger partial charge in [0.05, 0.1) is 20.7 Å². The van der Waals surface area contributed by atoms with Gasteiger partial charge in [-0.25, -0.2) is 0 Å². The van der Waals surface area contributed by atoms with Crippen molar-refractivity contribution < 1.29 is 14.1 Å². The third-order valence-corrected chi connectivity index (χ3v) is 4.45. The average Bonchev–Trinajstić information content (AvgIpc) is 3.09. The Hall–Kier alpha value is -2.83. The summed E-state index contributed by atoms with van der Waals surface area (Å²) in [5.41, 5.74) is 1.60. The number of hydrogen-bond donors (Lipinski definition) is 1. The molecular weight excluding hydrogens is 379 g/mol. The number of aryl methyl sites for hydroxylation is 1. The minimum absolute atomic E-state index is 0.0666. The molecule has 2 aromatic carbocycles. The fourth-order valence-corrected chi connectivity index (χ4v) is 2.60. The SMILES string of the molecule is Cc1ccc([N+](=O)[O-])cc1NC(=O)c1ccc(-c2ccc(Cl)c(Cl)c2)o1. The number of anilines is 1. The van der Waals surface area contributed by atoms with Gasteiger partial charge in [0.1, 0.15) is 5.76 Å². The highest BCUT2D eigenvalue weighted by Crippen LogP contribution is 2.30. The summed E-state index contributed by atoms with van der Waals surface area (Å²) in [7, 11) is 0. The number of carbonyl (C=O) groups excluding carboxylic acids is 1. The van der Waals surface area contributed by atoms with E-state index >= 15 is 0 Å². The molecule has 0 radical (unpaired) electrons. The van der Waals surface area contributed by atoms with Gasteiger partial charge >= 0.3 is 0 Å². The second-order valence-corrected chi connectivity index (χ2v) is 6.32. The first-order valence-electron chi connectivity index (χ1n) is 7.47. The lowest BCUT2D eigenvalue weighted by molar-refractivity contribution is -0.384. The van der Waals surface area contributed by atoms with Crippen LogP contribution in [0.15, 0.2) is 52.9 Å². The van der Waals surface area contributed by atoms with E-state index in [-0.39, 0.29) is 11.4 Å². The zero-order chi connectivity index (χ0) is 18.8. The van der Waals surface area contributed by atoms with Gasteiger partial charge in [-0.3, -0.25) is 14.9 Å². The molecule has 0 fully saturated rings. The first-order chi connectivity index (χ1) is 12.3. The minimum atomic E-state index is -0.523. The Morgan fingerprint density at radius 3 is 2.54 bits per heavy atom. The lowest BCUT2D eigenvalue weighted by Crippen LogP contribution is -2.12. The van der Waals surface area contributed by atoms with Crippen molar-refractivity contribution in [2.45, 2.75) is 6.92 Å². The van der Waals surface area contributed by atoms with Crippen LogP contribution in [-0.4, -0.2) is 10.8 Å². The van der Waals surface area contributed by atoms with E-state index in [1.165, 1.54) is 18.2 Å². The van der Waals surface area contributed by atoms with E-state index in [4.69, 9.17) is 27.6 Å². The van der Waals surface area contributed by atoms with Gasteiger partial charge in [-0.1, -0.05) is 29.3 Å². The number of amides is 1. The van der Waals surface area contributed by atoms with Crippen molar-refractivity contribution in [1.82, 2.24) is 0 Å². The summed E-state index contributed by atoms with van der Waals surface area (Å²) in [6, 6.07) is 12.4. The third kappa shape index (κ3) is 3.71. The van der Waals surface area contributed by atoms with Gasteiger partial charge in [-0.15, -0.1) is 0 Å². The fourth-order valence-electron chi connectivity index (χ4n) is 2.31. The highest BCUT2D eigenvalue weighted by atomic mass is 35.5. The first-order valence-corrected chi connectivity index (χ1v) is 8.22. The van der Waals surface area contributed by atoms with Gasteiger partial charge in [0.2, 0.25) is 0 Å². The number of rotatable bonds is 4. The first kappa shape index (κ1) is 18.0. The summed E-state index contributed by atoms with van der Waals surface area (Å²) in [5.74, 6) is 0.00127. The van der Waals surface area contributed by atoms with Crippen LogP contribution in [0.2, 0.25) is 10.0 Å². The molecule has 8 heteroatoms. The standard InChI is InChI=1S/C18H12Cl2N2O4/c1-10-2-4-12(22(24)25)9-15(10)21-18(23)17-7-6-16(26-17)11-3-5-13(19)14(20)8-11/h2-9H,1H3,(H,21,23). The van der Waals surface area contributed by atoms with E-state index in [0.29, 0.717) is 32.6 Å². The van der Waals surface area contributed by atoms with Crippen LogP contribution in [0.3, 0.4) is 0 Å². The smallest absolute Gasteiger partial charge is 0.291 e. The quantitative estimate of drug-likeness (QED) is 0.455. The zero-order valence-electron chi connectivity index (χ0n) is 13.5. The molecule has 3 rings (SSSR count). The molecule has 1 amide bonds. The Labute approximate surface area is 158 Å². The third-order valence-electron chi connectivity index (χ3n) is 3.71. The van der Waals surface area contributed by atoms with Crippen molar-refractivity contribution in [2.24, 2.45) is 0 Å². The van der Waals surface area contributed by atoms with Gasteiger partial charge in [0.15, 0.2) is 5.76 Å². The summed E-state index contributed by atoms with van der Waals surface area (Å²) < 4.78 is 5.57. The van der Waals surface area contributed by atoms with Crippen molar-refractivity contribution >= 4 is 40.5 Å². The van der Waals surface area contributed by atoms with Crippen molar-refractivity contribution in [1.29, 1.82) is 0 Å². The van der Waals surface area contributed by atoms with Crippen LogP contribution >= 0.6 is 23.2 Å². The van der Waals surface area contributed by atoms with E-state index in [1.54, 1.807) is 37.3 Å². The van der Waals surface area contributed by atoms with Crippen LogP contribution in [0.25, 0.3) is 11.3 Å². The highest BCUT2D eigenvalue weighted by molar-refractivity contribution is 6.42. The van der Waals surface area contributed by atoms with Crippen LogP contribution in [0, 0.1) is 17.0 Å². The molecule has 0 aliphatic heterocycles. The maximum Gasteiger partial charge on any atom is 0.291 e. The number of furan rings is 1. The molecular formula is C18H12Cl2N2O4. The Bertz CT molecular complexity index is 1010. The Kier molecular flexibility index (Phi) is 4.97. The van der Waals surface area contributed by atoms with E-state index in [2.05, 4.69) is 5.32 Å². The number of carbonyl (C=O) groups is 1. The summed E-state index contributed by atoms with van der Waals surface area (Å²) in [4.78, 5) is 22.8. The second kappa shape index (κ2) is 7.19. The van der Waals surface area contributed by atoms with Gasteiger partial charge in [0.25, 0.3) is 11.6 Å². The van der Waals surface area contributed by atoms with Crippen molar-refractivity contribution in [3.8, 4) is 11.3 Å². The minimum Gasteiger partial charge on any atom is -0.451 e. The number of non-ortho nitro benzene ring substituents is 1. The van der Waals surface area contributed by atoms with Gasteiger partial charge in [-0.2, -0.15) is 0 Å². The van der Waals surface area contributed by atoms with E-state index in [9.17, 15) is 14.9 Å². The van der Waals surface area contributed by atoms with Gasteiger partial charge in [-0.05, 0) is 42.8 Å². The molecule has 0 aliphatic rings. The van der Waals surface area contributed by atoms with E-state index in [1.807, 2.05) is 0 Å². The average molecular weight is 391 g/mol. The normalized spacial score (nSPS) is 10.6. The number of nitrogens with one attached hydrogen (secondary N) is 1. The topological polar surface area (TPSA) is 85.4 Å². The molecule has 0 aliphatic carbocycles. The maximum atomic E-state index is 12.4. The summed E-state index contributed by atoms with van der Waals surface area (Å²) in [6.45, 7) is 1.74. The molecule has 1 heterocycles. The van der Waals surface area contributed by atoms with E-state index < -0.39 is 10.8 Å². The zero-order valence-corrected chi connectivity index (χ0v) is 15.0. The number of hydrogen-bond acceptors (Lipinski definition) is 4. The van der Waals surface area contributed by atoms with Crippen LogP contribution < -0.4 is 5.32 Å². The number of nitro groups is 1. The summed E-state index contributed by atoms with van der Waals surface area (Å²) in [5, 5.41) is 14.3. The summed E-state index contributed by atoms with van der Waals surface area (Å²) >= 11 is 11.9. The van der Waals surface area contributed by atoms with E-state index in [0.717, 1.165) is 0 Å². The molecule has 0 saturated heterocycles. The largest absolute Gasteiger partial charge is 0.451 e. The number of nitrogens with zero attached hydrogens (tertiary/aromatic N) is 1. The van der Waals surface area contributed by atoms with Crippen molar-refractivity contribution in [3.63, 3.8) is 0 Å². The Balaban J connectivity index is 1.83. The molecule has 0 saturated carbocycles. The second-order valence-electron chi connectivity index (χ2n) is 5.50. The fraction of sp³-hybridized carbons (Fsp3) is 0.0556. The lowest BCUT2D eigenvalue weighted by atomic mass is 10.2. The number of halogens is 2. The molecule has 0 bridgehead atoms. The Morgan fingerprint density at radius 1 is 1.08 bits per heavy atom. The summed E-state index contributed by atoms with van der Waals surface area (Å²) in [6.07, 6.45) is 0. The maximum absolute atomic E-state index is 12.4. The molecule has 0 unspecified atom stereocenters. The van der Waals surface area contributed by atoms with Crippen molar-refractivity contribution in [3.05, 3.63) is 80.0 Å². The van der Waals surface area contributed by atoms with Crippen LogP contribution in [0.1, 0.15) is 16.1 Å².